The Labute approximate surface area is 171 Å². The van der Waals surface area contributed by atoms with Gasteiger partial charge >= 0.3 is 8.56 Å². The second-order valence-electron chi connectivity index (χ2n) is 7.59. The first-order chi connectivity index (χ1) is 12.9. The fraction of sp³-hybridized carbons (Fsp3) is 0.636. The van der Waals surface area contributed by atoms with E-state index < -0.39 is 25.2 Å². The highest BCUT2D eigenvalue weighted by Crippen LogP contribution is 2.34. The predicted octanol–water partition coefficient (Wildman–Crippen LogP) is 7.04. The molecule has 1 aromatic rings. The Hall–Kier alpha value is -0.469. The van der Waals surface area contributed by atoms with Gasteiger partial charge in [0.15, 0.2) is 8.32 Å². The Balaban J connectivity index is 3.33. The zero-order chi connectivity index (χ0) is 20.6. The van der Waals surface area contributed by atoms with Gasteiger partial charge in [0.2, 0.25) is 8.32 Å². The van der Waals surface area contributed by atoms with Crippen molar-refractivity contribution in [2.45, 2.75) is 90.8 Å². The molecule has 0 radical (unpaired) electrons. The van der Waals surface area contributed by atoms with E-state index in [2.05, 4.69) is 79.3 Å². The monoisotopic (exact) mass is 422 g/mol. The second kappa shape index (κ2) is 10.9. The molecule has 0 saturated carbocycles. The number of hydrogen-bond acceptors (Lipinski definition) is 2. The molecule has 1 rings (SSSR count). The molecule has 0 aromatic heterocycles. The summed E-state index contributed by atoms with van der Waals surface area (Å²) in [7, 11) is -5.96. The van der Waals surface area contributed by atoms with Crippen LogP contribution in [0.4, 0.5) is 0 Å². The van der Waals surface area contributed by atoms with Gasteiger partial charge in [0.25, 0.3) is 0 Å². The van der Waals surface area contributed by atoms with Crippen LogP contribution >= 0.6 is 0 Å². The molecule has 1 aromatic carbocycles. The van der Waals surface area contributed by atoms with E-state index >= 15 is 0 Å². The van der Waals surface area contributed by atoms with Crippen LogP contribution in [0.3, 0.4) is 0 Å². The van der Waals surface area contributed by atoms with E-state index in [1.165, 1.54) is 28.9 Å². The third kappa shape index (κ3) is 5.54. The topological polar surface area (TPSA) is 18.5 Å². The Morgan fingerprint density at radius 2 is 1.19 bits per heavy atom. The lowest BCUT2D eigenvalue weighted by atomic mass is 10.2. The molecule has 0 saturated heterocycles. The molecule has 0 unspecified atom stereocenters. The van der Waals surface area contributed by atoms with Gasteiger partial charge in [0, 0.05) is 0 Å². The SMILES string of the molecule is C=Cc1ccc([Si](CC)(CC)O[Si](CC)(CC)O[Si](CC)(CC)CC)cc1. The van der Waals surface area contributed by atoms with Gasteiger partial charge < -0.3 is 8.23 Å². The van der Waals surface area contributed by atoms with Crippen molar-refractivity contribution in [2.24, 2.45) is 0 Å². The molecule has 2 nitrogen and oxygen atoms in total. The zero-order valence-electron chi connectivity index (χ0n) is 18.9. The second-order valence-corrected chi connectivity index (χ2v) is 20.9. The van der Waals surface area contributed by atoms with Gasteiger partial charge in [-0.15, -0.1) is 0 Å². The minimum absolute atomic E-state index is 1.05. The van der Waals surface area contributed by atoms with Crippen molar-refractivity contribution in [2.75, 3.05) is 0 Å². The first-order valence-electron chi connectivity index (χ1n) is 11.0. The van der Waals surface area contributed by atoms with Crippen molar-refractivity contribution in [3.05, 3.63) is 36.4 Å². The average Bonchev–Trinajstić information content (AvgIpc) is 2.75. The quantitative estimate of drug-likeness (QED) is 0.317. The van der Waals surface area contributed by atoms with E-state index in [1.54, 1.807) is 0 Å². The summed E-state index contributed by atoms with van der Waals surface area (Å²) in [5.74, 6) is 0. The van der Waals surface area contributed by atoms with Crippen LogP contribution in [0.25, 0.3) is 6.08 Å². The van der Waals surface area contributed by atoms with Crippen molar-refractivity contribution >= 4 is 36.5 Å². The van der Waals surface area contributed by atoms with Crippen molar-refractivity contribution in [3.8, 4) is 0 Å². The molecule has 5 heteroatoms. The lowest BCUT2D eigenvalue weighted by Gasteiger charge is -2.45. The molecular formula is C22H42O2Si3. The molecule has 0 aliphatic rings. The van der Waals surface area contributed by atoms with Crippen molar-refractivity contribution in [1.82, 2.24) is 0 Å². The van der Waals surface area contributed by atoms with E-state index in [-0.39, 0.29) is 0 Å². The summed E-state index contributed by atoms with van der Waals surface area (Å²) in [6.45, 7) is 20.1. The molecule has 0 spiro atoms. The van der Waals surface area contributed by atoms with E-state index in [9.17, 15) is 0 Å². The van der Waals surface area contributed by atoms with E-state index in [0.29, 0.717) is 0 Å². The average molecular weight is 423 g/mol. The van der Waals surface area contributed by atoms with Crippen molar-refractivity contribution < 1.29 is 8.23 Å². The lowest BCUT2D eigenvalue weighted by Crippen LogP contribution is -2.62. The summed E-state index contributed by atoms with van der Waals surface area (Å²) < 4.78 is 14.5. The molecule has 0 fully saturated rings. The highest BCUT2D eigenvalue weighted by molar-refractivity contribution is 6.95. The lowest BCUT2D eigenvalue weighted by molar-refractivity contribution is 0.366. The van der Waals surface area contributed by atoms with Gasteiger partial charge in [-0.3, -0.25) is 0 Å². The molecule has 0 aliphatic carbocycles. The summed E-state index contributed by atoms with van der Waals surface area (Å²) in [6.07, 6.45) is 1.91. The van der Waals surface area contributed by atoms with E-state index in [0.717, 1.165) is 24.2 Å². The Bertz CT molecular complexity index is 551. The van der Waals surface area contributed by atoms with Gasteiger partial charge in [0.05, 0.1) is 0 Å². The molecule has 0 N–H and O–H groups in total. The van der Waals surface area contributed by atoms with Crippen LogP contribution in [0.5, 0.6) is 0 Å². The van der Waals surface area contributed by atoms with Crippen molar-refractivity contribution in [1.29, 1.82) is 0 Å². The van der Waals surface area contributed by atoms with Crippen LogP contribution in [0.1, 0.15) is 54.0 Å². The van der Waals surface area contributed by atoms with Crippen LogP contribution < -0.4 is 5.19 Å². The highest BCUT2D eigenvalue weighted by atomic mass is 28.5. The summed E-state index contributed by atoms with van der Waals surface area (Å²) in [5.41, 5.74) is 1.17. The highest BCUT2D eigenvalue weighted by Gasteiger charge is 2.48. The molecule has 0 aliphatic heterocycles. The Morgan fingerprint density at radius 3 is 1.52 bits per heavy atom. The molecule has 0 atom stereocenters. The first kappa shape index (κ1) is 24.6. The van der Waals surface area contributed by atoms with Crippen LogP contribution in [-0.2, 0) is 8.23 Å². The standard InChI is InChI=1S/C22H42O2Si3/c1-9-21-17-19-22(20-18-21)26(13-5,14-6)24-27(15-7,16-8)23-25(10-2,11-3)12-4/h9,17-20H,1,10-16H2,2-8H3. The maximum atomic E-state index is 7.31. The number of hydrogen-bond donors (Lipinski definition) is 0. The molecule has 27 heavy (non-hydrogen) atoms. The largest absolute Gasteiger partial charge is 0.436 e. The predicted molar refractivity (Wildman–Crippen MR) is 129 cm³/mol. The Morgan fingerprint density at radius 1 is 0.704 bits per heavy atom. The summed E-state index contributed by atoms with van der Waals surface area (Å²) in [6, 6.07) is 16.8. The van der Waals surface area contributed by atoms with Gasteiger partial charge in [-0.25, -0.2) is 0 Å². The maximum absolute atomic E-state index is 7.31. The molecular weight excluding hydrogens is 380 g/mol. The van der Waals surface area contributed by atoms with Crippen molar-refractivity contribution in [3.63, 3.8) is 0 Å². The fourth-order valence-corrected chi connectivity index (χ4v) is 20.4. The minimum Gasteiger partial charge on any atom is -0.436 e. The third-order valence-electron chi connectivity index (χ3n) is 6.61. The summed E-state index contributed by atoms with van der Waals surface area (Å²) >= 11 is 0. The van der Waals surface area contributed by atoms with Crippen LogP contribution in [0, 0.1) is 0 Å². The molecule has 154 valence electrons. The maximum Gasteiger partial charge on any atom is 0.317 e. The van der Waals surface area contributed by atoms with Gasteiger partial charge in [-0.05, 0) is 53.1 Å². The van der Waals surface area contributed by atoms with E-state index in [1.807, 2.05) is 6.08 Å². The fourth-order valence-electron chi connectivity index (χ4n) is 4.06. The first-order valence-corrected chi connectivity index (χ1v) is 18.1. The van der Waals surface area contributed by atoms with Gasteiger partial charge in [0.1, 0.15) is 0 Å². The molecule has 0 heterocycles. The van der Waals surface area contributed by atoms with Crippen LogP contribution in [-0.4, -0.2) is 25.2 Å². The number of rotatable bonds is 13. The third-order valence-corrected chi connectivity index (χ3v) is 22.6. The molecule has 0 amide bonds. The van der Waals surface area contributed by atoms with Crippen LogP contribution in [0.2, 0.25) is 42.3 Å². The smallest absolute Gasteiger partial charge is 0.317 e. The number of benzene rings is 1. The van der Waals surface area contributed by atoms with E-state index in [4.69, 9.17) is 8.23 Å². The van der Waals surface area contributed by atoms with Gasteiger partial charge in [-0.1, -0.05) is 85.4 Å². The van der Waals surface area contributed by atoms with Crippen LogP contribution in [0.15, 0.2) is 30.8 Å². The summed E-state index contributed by atoms with van der Waals surface area (Å²) in [5, 5.41) is 1.41. The normalized spacial score (nSPS) is 13.0. The molecule has 0 bridgehead atoms. The Kier molecular flexibility index (Phi) is 9.92. The zero-order valence-corrected chi connectivity index (χ0v) is 21.9. The minimum atomic E-state index is -2.22. The summed E-state index contributed by atoms with van der Waals surface area (Å²) in [4.78, 5) is 0. The van der Waals surface area contributed by atoms with Gasteiger partial charge in [-0.2, -0.15) is 0 Å².